The minimum Gasteiger partial charge on any atom is -0.497 e. The Morgan fingerprint density at radius 2 is 1.74 bits per heavy atom. The number of hydrazone groups is 1. The number of para-hydroxylation sites is 1. The molecule has 0 saturated carbocycles. The molecule has 1 amide bonds. The second-order valence-corrected chi connectivity index (χ2v) is 8.83. The minimum absolute atomic E-state index is 0.0407. The zero-order chi connectivity index (χ0) is 25.4. The highest BCUT2D eigenvalue weighted by Gasteiger charge is 2.30. The van der Waals surface area contributed by atoms with Crippen molar-refractivity contribution in [3.63, 3.8) is 0 Å². The maximum absolute atomic E-state index is 13.5. The van der Waals surface area contributed by atoms with E-state index in [0.29, 0.717) is 5.75 Å². The van der Waals surface area contributed by atoms with Gasteiger partial charge in [-0.15, -0.1) is 0 Å². The third-order valence-corrected chi connectivity index (χ3v) is 6.57. The second-order valence-electron chi connectivity index (χ2n) is 6.97. The van der Waals surface area contributed by atoms with Crippen molar-refractivity contribution in [2.45, 2.75) is 4.90 Å². The Labute approximate surface area is 201 Å². The Hall–Kier alpha value is -4.45. The van der Waals surface area contributed by atoms with Crippen LogP contribution in [0.4, 0.5) is 11.4 Å². The van der Waals surface area contributed by atoms with Crippen LogP contribution in [-0.2, 0) is 14.8 Å². The third-order valence-electron chi connectivity index (χ3n) is 4.80. The number of rotatable bonds is 10. The Morgan fingerprint density at radius 1 is 1.06 bits per heavy atom. The predicted molar refractivity (Wildman–Crippen MR) is 129 cm³/mol. The van der Waals surface area contributed by atoms with Gasteiger partial charge >= 0.3 is 0 Å². The van der Waals surface area contributed by atoms with Gasteiger partial charge in [-0.2, -0.15) is 5.10 Å². The molecule has 0 saturated heterocycles. The van der Waals surface area contributed by atoms with E-state index in [1.54, 1.807) is 30.3 Å². The molecule has 12 heteroatoms. The number of hydrogen-bond donors (Lipinski definition) is 1. The fourth-order valence-corrected chi connectivity index (χ4v) is 4.56. The van der Waals surface area contributed by atoms with Gasteiger partial charge in [-0.1, -0.05) is 30.3 Å². The van der Waals surface area contributed by atoms with Crippen LogP contribution >= 0.6 is 0 Å². The highest BCUT2D eigenvalue weighted by atomic mass is 32.2. The summed E-state index contributed by atoms with van der Waals surface area (Å²) in [5.41, 5.74) is 2.27. The molecular formula is C23H22N4O7S. The average Bonchev–Trinajstić information content (AvgIpc) is 2.87. The highest BCUT2D eigenvalue weighted by molar-refractivity contribution is 7.92. The predicted octanol–water partition coefficient (Wildman–Crippen LogP) is 2.96. The van der Waals surface area contributed by atoms with Crippen LogP contribution < -0.4 is 19.2 Å². The van der Waals surface area contributed by atoms with Crippen LogP contribution in [0.2, 0.25) is 0 Å². The van der Waals surface area contributed by atoms with E-state index >= 15 is 0 Å². The van der Waals surface area contributed by atoms with Crippen LogP contribution in [0, 0.1) is 10.1 Å². The molecule has 0 aromatic heterocycles. The Kier molecular flexibility index (Phi) is 8.00. The second kappa shape index (κ2) is 11.1. The summed E-state index contributed by atoms with van der Waals surface area (Å²) in [4.78, 5) is 23.3. The number of carbonyl (C=O) groups is 1. The van der Waals surface area contributed by atoms with Gasteiger partial charge in [0.25, 0.3) is 21.6 Å². The molecule has 0 aliphatic carbocycles. The summed E-state index contributed by atoms with van der Waals surface area (Å²) in [6, 6.07) is 18.0. The highest BCUT2D eigenvalue weighted by Crippen LogP contribution is 2.35. The summed E-state index contributed by atoms with van der Waals surface area (Å²) in [6.45, 7) is -0.658. The number of hydrogen-bond acceptors (Lipinski definition) is 8. The fraction of sp³-hybridized carbons (Fsp3) is 0.130. The zero-order valence-electron chi connectivity index (χ0n) is 18.8. The summed E-state index contributed by atoms with van der Waals surface area (Å²) in [7, 11) is -1.41. The summed E-state index contributed by atoms with van der Waals surface area (Å²) in [6.07, 6.45) is 1.11. The van der Waals surface area contributed by atoms with E-state index in [1.807, 2.05) is 0 Å². The number of nitrogens with zero attached hydrogens (tertiary/aromatic N) is 3. The van der Waals surface area contributed by atoms with Crippen molar-refractivity contribution in [3.05, 3.63) is 88.5 Å². The van der Waals surface area contributed by atoms with Crippen LogP contribution in [-0.4, -0.2) is 46.2 Å². The van der Waals surface area contributed by atoms with E-state index in [2.05, 4.69) is 10.5 Å². The lowest BCUT2D eigenvalue weighted by Gasteiger charge is -2.25. The van der Waals surface area contributed by atoms with Crippen molar-refractivity contribution in [2.75, 3.05) is 25.1 Å². The number of nitro benzene ring substituents is 1. The third kappa shape index (κ3) is 5.92. The summed E-state index contributed by atoms with van der Waals surface area (Å²) in [5, 5.41) is 14.9. The molecule has 0 fully saturated rings. The molecule has 3 rings (SSSR count). The molecule has 0 aliphatic rings. The van der Waals surface area contributed by atoms with Gasteiger partial charge in [0.1, 0.15) is 18.0 Å². The number of nitrogens with one attached hydrogen (secondary N) is 1. The van der Waals surface area contributed by atoms with Crippen molar-refractivity contribution in [1.29, 1.82) is 0 Å². The van der Waals surface area contributed by atoms with E-state index in [0.717, 1.165) is 10.5 Å². The smallest absolute Gasteiger partial charge is 0.278 e. The van der Waals surface area contributed by atoms with Crippen LogP contribution in [0.1, 0.15) is 5.56 Å². The van der Waals surface area contributed by atoms with E-state index in [9.17, 15) is 23.3 Å². The minimum atomic E-state index is -4.21. The van der Waals surface area contributed by atoms with Gasteiger partial charge in [0, 0.05) is 12.1 Å². The van der Waals surface area contributed by atoms with Crippen molar-refractivity contribution >= 4 is 33.5 Å². The number of amides is 1. The molecule has 0 radical (unpaired) electrons. The molecule has 11 nitrogen and oxygen atoms in total. The number of nitro groups is 1. The zero-order valence-corrected chi connectivity index (χ0v) is 19.6. The number of methoxy groups -OCH3 is 2. The molecule has 0 bridgehead atoms. The standard InChI is InChI=1S/C23H22N4O7S/c1-33-18-12-13-22(34-2)21(14-18)26(35(31,32)19-9-4-3-5-10-19)16-23(28)25-24-15-17-8-6-7-11-20(17)27(29)30/h3-15H,16H2,1-2H3,(H,25,28)/b24-15-. The molecule has 3 aromatic carbocycles. The van der Waals surface area contributed by atoms with Crippen LogP contribution in [0.15, 0.2) is 82.8 Å². The lowest BCUT2D eigenvalue weighted by molar-refractivity contribution is -0.385. The number of carbonyl (C=O) groups excluding carboxylic acids is 1. The van der Waals surface area contributed by atoms with Crippen LogP contribution in [0.3, 0.4) is 0 Å². The van der Waals surface area contributed by atoms with Crippen molar-refractivity contribution in [2.24, 2.45) is 5.10 Å². The summed E-state index contributed by atoms with van der Waals surface area (Å²) in [5.74, 6) is -0.241. The molecular weight excluding hydrogens is 476 g/mol. The van der Waals surface area contributed by atoms with Gasteiger partial charge in [-0.3, -0.25) is 19.2 Å². The van der Waals surface area contributed by atoms with Crippen molar-refractivity contribution in [3.8, 4) is 11.5 Å². The van der Waals surface area contributed by atoms with Crippen molar-refractivity contribution < 1.29 is 27.6 Å². The maximum atomic E-state index is 13.5. The molecule has 1 N–H and O–H groups in total. The topological polar surface area (TPSA) is 140 Å². The molecule has 0 heterocycles. The Bertz CT molecular complexity index is 1340. The van der Waals surface area contributed by atoms with E-state index in [1.165, 1.54) is 56.7 Å². The average molecular weight is 499 g/mol. The van der Waals surface area contributed by atoms with Gasteiger partial charge in [0.2, 0.25) is 0 Å². The number of sulfonamides is 1. The first-order valence-electron chi connectivity index (χ1n) is 10.1. The largest absolute Gasteiger partial charge is 0.497 e. The van der Waals surface area contributed by atoms with E-state index in [-0.39, 0.29) is 27.6 Å². The number of ether oxygens (including phenoxy) is 2. The number of anilines is 1. The van der Waals surface area contributed by atoms with Crippen LogP contribution in [0.5, 0.6) is 11.5 Å². The summed E-state index contributed by atoms with van der Waals surface area (Å²) >= 11 is 0. The molecule has 0 aliphatic heterocycles. The first-order valence-corrected chi connectivity index (χ1v) is 11.6. The molecule has 3 aromatic rings. The first-order chi connectivity index (χ1) is 16.8. The lowest BCUT2D eigenvalue weighted by atomic mass is 10.2. The van der Waals surface area contributed by atoms with Gasteiger partial charge in [0.05, 0.1) is 41.5 Å². The van der Waals surface area contributed by atoms with Gasteiger partial charge in [-0.25, -0.2) is 13.8 Å². The van der Waals surface area contributed by atoms with Gasteiger partial charge < -0.3 is 9.47 Å². The lowest BCUT2D eigenvalue weighted by Crippen LogP contribution is -2.39. The van der Waals surface area contributed by atoms with Crippen LogP contribution in [0.25, 0.3) is 0 Å². The molecule has 0 atom stereocenters. The molecule has 0 spiro atoms. The molecule has 182 valence electrons. The van der Waals surface area contributed by atoms with E-state index in [4.69, 9.17) is 9.47 Å². The maximum Gasteiger partial charge on any atom is 0.278 e. The van der Waals surface area contributed by atoms with Gasteiger partial charge in [0.15, 0.2) is 0 Å². The SMILES string of the molecule is COc1ccc(OC)c(N(CC(=O)N/N=C\c2ccccc2[N+](=O)[O-])S(=O)(=O)c2ccccc2)c1. The first kappa shape index (κ1) is 25.2. The molecule has 35 heavy (non-hydrogen) atoms. The fourth-order valence-electron chi connectivity index (χ4n) is 3.11. The Morgan fingerprint density at radius 3 is 2.40 bits per heavy atom. The quantitative estimate of drug-likeness (QED) is 0.257. The van der Waals surface area contributed by atoms with Crippen molar-refractivity contribution in [1.82, 2.24) is 5.43 Å². The monoisotopic (exact) mass is 498 g/mol. The Balaban J connectivity index is 1.94. The van der Waals surface area contributed by atoms with Gasteiger partial charge in [-0.05, 0) is 30.3 Å². The number of benzene rings is 3. The summed E-state index contributed by atoms with van der Waals surface area (Å²) < 4.78 is 38.4. The van der Waals surface area contributed by atoms with E-state index < -0.39 is 27.4 Å². The normalized spacial score (nSPS) is 11.1. The molecule has 0 unspecified atom stereocenters.